The monoisotopic (exact) mass is 487 g/mol. The topological polar surface area (TPSA) is 126 Å². The summed E-state index contributed by atoms with van der Waals surface area (Å²) in [5, 5.41) is 23.9. The Morgan fingerprint density at radius 2 is 1.91 bits per heavy atom. The second kappa shape index (κ2) is 11.0. The molecule has 33 heavy (non-hydrogen) atoms. The summed E-state index contributed by atoms with van der Waals surface area (Å²) in [5.74, 6) is -1.10. The molecule has 0 saturated carbocycles. The molecule has 11 heteroatoms. The number of aromatic nitrogens is 3. The van der Waals surface area contributed by atoms with E-state index in [9.17, 15) is 14.4 Å². The van der Waals surface area contributed by atoms with Crippen LogP contribution in [0.1, 0.15) is 46.4 Å². The average molecular weight is 488 g/mol. The Labute approximate surface area is 199 Å². The second-order valence-corrected chi connectivity index (χ2v) is 8.33. The maximum atomic E-state index is 12.6. The van der Waals surface area contributed by atoms with Crippen LogP contribution in [0.25, 0.3) is 0 Å². The molecule has 0 bridgehead atoms. The molecular formula is C22H22ClN5O4S. The van der Waals surface area contributed by atoms with Crippen LogP contribution < -0.4 is 10.6 Å². The number of nitrogens with one attached hydrogen (secondary N) is 2. The number of amides is 2. The summed E-state index contributed by atoms with van der Waals surface area (Å²) >= 11 is 7.29. The molecule has 0 spiro atoms. The molecule has 9 nitrogen and oxygen atoms in total. The first kappa shape index (κ1) is 24.3. The van der Waals surface area contributed by atoms with Crippen LogP contribution in [0.4, 0.5) is 5.69 Å². The first-order valence-electron chi connectivity index (χ1n) is 10.0. The van der Waals surface area contributed by atoms with Crippen molar-refractivity contribution in [3.05, 3.63) is 70.5 Å². The van der Waals surface area contributed by atoms with E-state index in [1.54, 1.807) is 43.3 Å². The molecule has 1 aromatic heterocycles. The first-order valence-corrected chi connectivity index (χ1v) is 11.4. The van der Waals surface area contributed by atoms with E-state index in [1.807, 2.05) is 11.5 Å². The molecular weight excluding hydrogens is 466 g/mol. The number of thioether (sulfide) groups is 1. The highest BCUT2D eigenvalue weighted by atomic mass is 35.5. The molecule has 172 valence electrons. The van der Waals surface area contributed by atoms with Crippen molar-refractivity contribution >= 4 is 46.8 Å². The van der Waals surface area contributed by atoms with E-state index >= 15 is 0 Å². The summed E-state index contributed by atoms with van der Waals surface area (Å²) in [6.07, 6.45) is 0. The zero-order valence-corrected chi connectivity index (χ0v) is 19.5. The van der Waals surface area contributed by atoms with Gasteiger partial charge in [-0.2, -0.15) is 0 Å². The molecule has 0 aliphatic carbocycles. The molecule has 0 fully saturated rings. The van der Waals surface area contributed by atoms with Crippen molar-refractivity contribution in [3.8, 4) is 0 Å². The molecule has 2 amide bonds. The van der Waals surface area contributed by atoms with E-state index in [4.69, 9.17) is 16.7 Å². The molecule has 3 N–H and O–H groups in total. The number of halogens is 1. The lowest BCUT2D eigenvalue weighted by molar-refractivity contribution is -0.113. The summed E-state index contributed by atoms with van der Waals surface area (Å²) in [6.45, 7) is 4.25. The Balaban J connectivity index is 1.63. The Kier molecular flexibility index (Phi) is 8.07. The van der Waals surface area contributed by atoms with Gasteiger partial charge in [0, 0.05) is 12.2 Å². The van der Waals surface area contributed by atoms with Gasteiger partial charge < -0.3 is 20.3 Å². The van der Waals surface area contributed by atoms with E-state index in [0.717, 1.165) is 0 Å². The van der Waals surface area contributed by atoms with Gasteiger partial charge in [-0.05, 0) is 44.2 Å². The van der Waals surface area contributed by atoms with Crippen LogP contribution in [0.2, 0.25) is 5.02 Å². The quantitative estimate of drug-likeness (QED) is 0.391. The van der Waals surface area contributed by atoms with Crippen molar-refractivity contribution in [1.29, 1.82) is 0 Å². The predicted octanol–water partition coefficient (Wildman–Crippen LogP) is 3.87. The van der Waals surface area contributed by atoms with Gasteiger partial charge in [-0.1, -0.05) is 41.6 Å². The number of carboxylic acids is 1. The van der Waals surface area contributed by atoms with E-state index in [-0.39, 0.29) is 23.1 Å². The average Bonchev–Trinajstić information content (AvgIpc) is 3.21. The van der Waals surface area contributed by atoms with E-state index < -0.39 is 12.0 Å². The number of carbonyl (C=O) groups is 3. The van der Waals surface area contributed by atoms with Crippen molar-refractivity contribution < 1.29 is 19.5 Å². The molecule has 1 heterocycles. The largest absolute Gasteiger partial charge is 0.478 e. The number of hydrogen-bond donors (Lipinski definition) is 3. The van der Waals surface area contributed by atoms with Crippen LogP contribution in [0.15, 0.2) is 53.7 Å². The van der Waals surface area contributed by atoms with E-state index in [1.165, 1.54) is 23.9 Å². The number of anilines is 1. The highest BCUT2D eigenvalue weighted by Crippen LogP contribution is 2.22. The predicted molar refractivity (Wildman–Crippen MR) is 126 cm³/mol. The lowest BCUT2D eigenvalue weighted by Crippen LogP contribution is -2.29. The third kappa shape index (κ3) is 6.11. The molecule has 1 atom stereocenters. The summed E-state index contributed by atoms with van der Waals surface area (Å²) in [6, 6.07) is 12.3. The summed E-state index contributed by atoms with van der Waals surface area (Å²) in [4.78, 5) is 36.0. The van der Waals surface area contributed by atoms with Crippen LogP contribution in [-0.2, 0) is 11.3 Å². The normalized spacial score (nSPS) is 11.6. The summed E-state index contributed by atoms with van der Waals surface area (Å²) in [7, 11) is 0. The van der Waals surface area contributed by atoms with Crippen molar-refractivity contribution in [1.82, 2.24) is 20.1 Å². The lowest BCUT2D eigenvalue weighted by Gasteiger charge is -2.15. The SMILES string of the molecule is CCn1c(SCC(=O)Nc2cccc(C(=O)O)c2)nnc1[C@H](C)NC(=O)c1ccccc1Cl. The van der Waals surface area contributed by atoms with E-state index in [2.05, 4.69) is 20.8 Å². The van der Waals surface area contributed by atoms with Crippen molar-refractivity contribution in [2.24, 2.45) is 0 Å². The molecule has 0 aliphatic heterocycles. The molecule has 0 saturated heterocycles. The van der Waals surface area contributed by atoms with Gasteiger partial charge in [0.25, 0.3) is 5.91 Å². The molecule has 0 aliphatic rings. The van der Waals surface area contributed by atoms with Gasteiger partial charge in [0.15, 0.2) is 11.0 Å². The fourth-order valence-corrected chi connectivity index (χ4v) is 4.10. The van der Waals surface area contributed by atoms with Gasteiger partial charge in [-0.15, -0.1) is 10.2 Å². The Hall–Kier alpha value is -3.37. The van der Waals surface area contributed by atoms with Gasteiger partial charge in [0.2, 0.25) is 5.91 Å². The number of rotatable bonds is 9. The van der Waals surface area contributed by atoms with Gasteiger partial charge in [-0.3, -0.25) is 9.59 Å². The minimum atomic E-state index is -1.07. The molecule has 2 aromatic carbocycles. The fraction of sp³-hybridized carbons (Fsp3) is 0.227. The Morgan fingerprint density at radius 1 is 1.15 bits per heavy atom. The van der Waals surface area contributed by atoms with Gasteiger partial charge in [0.05, 0.1) is 27.9 Å². The van der Waals surface area contributed by atoms with Crippen molar-refractivity contribution in [2.45, 2.75) is 31.6 Å². The lowest BCUT2D eigenvalue weighted by atomic mass is 10.2. The molecule has 3 rings (SSSR count). The zero-order chi connectivity index (χ0) is 24.0. The number of hydrogen-bond acceptors (Lipinski definition) is 6. The highest BCUT2D eigenvalue weighted by Gasteiger charge is 2.21. The highest BCUT2D eigenvalue weighted by molar-refractivity contribution is 7.99. The minimum absolute atomic E-state index is 0.0514. The number of aromatic carboxylic acids is 1. The summed E-state index contributed by atoms with van der Waals surface area (Å²) < 4.78 is 1.82. The van der Waals surface area contributed by atoms with Gasteiger partial charge >= 0.3 is 5.97 Å². The standard InChI is InChI=1S/C22H22ClN5O4S/c1-3-28-19(13(2)24-20(30)16-9-4-5-10-17(16)23)26-27-22(28)33-12-18(29)25-15-8-6-7-14(11-15)21(31)32/h4-11,13H,3,12H2,1-2H3,(H,24,30)(H,25,29)(H,31,32)/t13-/m0/s1. The Morgan fingerprint density at radius 3 is 2.61 bits per heavy atom. The third-order valence-electron chi connectivity index (χ3n) is 4.64. The van der Waals surface area contributed by atoms with Gasteiger partial charge in [0.1, 0.15) is 0 Å². The zero-order valence-electron chi connectivity index (χ0n) is 17.9. The number of carbonyl (C=O) groups excluding carboxylic acids is 2. The van der Waals surface area contributed by atoms with Crippen molar-refractivity contribution in [3.63, 3.8) is 0 Å². The maximum absolute atomic E-state index is 12.6. The third-order valence-corrected chi connectivity index (χ3v) is 5.94. The van der Waals surface area contributed by atoms with Crippen LogP contribution in [0, 0.1) is 0 Å². The van der Waals surface area contributed by atoms with Crippen LogP contribution in [0.3, 0.4) is 0 Å². The van der Waals surface area contributed by atoms with E-state index in [0.29, 0.717) is 33.8 Å². The second-order valence-electron chi connectivity index (χ2n) is 6.98. The Bertz CT molecular complexity index is 1180. The molecule has 0 unspecified atom stereocenters. The summed E-state index contributed by atoms with van der Waals surface area (Å²) in [5.41, 5.74) is 0.851. The van der Waals surface area contributed by atoms with Gasteiger partial charge in [-0.25, -0.2) is 4.79 Å². The van der Waals surface area contributed by atoms with Crippen LogP contribution in [-0.4, -0.2) is 43.4 Å². The van der Waals surface area contributed by atoms with Crippen LogP contribution in [0.5, 0.6) is 0 Å². The molecule has 3 aromatic rings. The smallest absolute Gasteiger partial charge is 0.335 e. The van der Waals surface area contributed by atoms with Crippen LogP contribution >= 0.6 is 23.4 Å². The fourth-order valence-electron chi connectivity index (χ4n) is 3.07. The molecule has 0 radical (unpaired) electrons. The number of benzene rings is 2. The first-order chi connectivity index (χ1) is 15.8. The van der Waals surface area contributed by atoms with Crippen molar-refractivity contribution in [2.75, 3.05) is 11.1 Å². The number of nitrogens with zero attached hydrogens (tertiary/aromatic N) is 3. The number of carboxylic acid groups (broad SMARTS) is 1. The minimum Gasteiger partial charge on any atom is -0.478 e. The maximum Gasteiger partial charge on any atom is 0.335 e.